The van der Waals surface area contributed by atoms with Crippen molar-refractivity contribution in [2.24, 2.45) is 0 Å². The number of nitrogens with one attached hydrogen (secondary N) is 1. The molecule has 0 aliphatic rings. The first-order chi connectivity index (χ1) is 9.83. The van der Waals surface area contributed by atoms with Crippen LogP contribution in [0.2, 0.25) is 0 Å². The first-order valence-corrected chi connectivity index (χ1v) is 7.12. The van der Waals surface area contributed by atoms with Gasteiger partial charge in [0.2, 0.25) is 0 Å². The minimum absolute atomic E-state index is 0.184. The zero-order valence-electron chi connectivity index (χ0n) is 10.6. The molecule has 1 heterocycles. The number of carbonyl (C=O) groups is 1. The van der Waals surface area contributed by atoms with Crippen LogP contribution in [0.4, 0.5) is 5.69 Å². The summed E-state index contributed by atoms with van der Waals surface area (Å²) in [5.74, 6) is -0.184. The van der Waals surface area contributed by atoms with Crippen LogP contribution in [0.5, 0.6) is 0 Å². The number of benzene rings is 2. The molecule has 0 fully saturated rings. The molecule has 98 valence electrons. The first-order valence-electron chi connectivity index (χ1n) is 6.18. The van der Waals surface area contributed by atoms with Crippen molar-refractivity contribution in [1.82, 2.24) is 4.98 Å². The molecule has 0 aliphatic heterocycles. The molecule has 4 heteroatoms. The van der Waals surface area contributed by atoms with E-state index in [0.29, 0.717) is 5.69 Å². The van der Waals surface area contributed by atoms with E-state index in [1.54, 1.807) is 10.9 Å². The summed E-state index contributed by atoms with van der Waals surface area (Å²) in [5.41, 5.74) is 5.05. The quantitative estimate of drug-likeness (QED) is 0.786. The minimum Gasteiger partial charge on any atom is -0.321 e. The third-order valence-electron chi connectivity index (χ3n) is 2.89. The zero-order chi connectivity index (χ0) is 13.8. The smallest absolute Gasteiger partial charge is 0.275 e. The van der Waals surface area contributed by atoms with Gasteiger partial charge in [-0.25, -0.2) is 4.98 Å². The van der Waals surface area contributed by atoms with Gasteiger partial charge in [0, 0.05) is 11.1 Å². The Kier molecular flexibility index (Phi) is 3.56. The second-order valence-electron chi connectivity index (χ2n) is 4.27. The van der Waals surface area contributed by atoms with E-state index in [1.807, 2.05) is 54.6 Å². The van der Waals surface area contributed by atoms with Crippen molar-refractivity contribution < 1.29 is 4.79 Å². The molecule has 0 saturated carbocycles. The van der Waals surface area contributed by atoms with Crippen LogP contribution in [0.1, 0.15) is 10.5 Å². The lowest BCUT2D eigenvalue weighted by Crippen LogP contribution is -2.11. The van der Waals surface area contributed by atoms with Crippen molar-refractivity contribution in [2.75, 3.05) is 5.32 Å². The number of aromatic nitrogens is 1. The summed E-state index contributed by atoms with van der Waals surface area (Å²) in [6.45, 7) is 0. The number of amides is 1. The molecule has 0 saturated heterocycles. The largest absolute Gasteiger partial charge is 0.321 e. The lowest BCUT2D eigenvalue weighted by atomic mass is 10.1. The van der Waals surface area contributed by atoms with Crippen molar-refractivity contribution in [2.45, 2.75) is 0 Å². The first kappa shape index (κ1) is 12.6. The van der Waals surface area contributed by atoms with Gasteiger partial charge >= 0.3 is 0 Å². The molecule has 0 atom stereocenters. The SMILES string of the molecule is O=C(Nc1cccc(-c2ccccc2)c1)c1cscn1. The third-order valence-corrected chi connectivity index (χ3v) is 3.48. The number of carbonyl (C=O) groups excluding carboxylic acids is 1. The highest BCUT2D eigenvalue weighted by Crippen LogP contribution is 2.22. The maximum Gasteiger partial charge on any atom is 0.275 e. The predicted molar refractivity (Wildman–Crippen MR) is 81.9 cm³/mol. The van der Waals surface area contributed by atoms with Crippen molar-refractivity contribution >= 4 is 22.9 Å². The average Bonchev–Trinajstić information content (AvgIpc) is 3.03. The molecule has 3 nitrogen and oxygen atoms in total. The van der Waals surface area contributed by atoms with Gasteiger partial charge in [-0.05, 0) is 23.3 Å². The molecule has 0 unspecified atom stereocenters. The maximum atomic E-state index is 12.0. The lowest BCUT2D eigenvalue weighted by molar-refractivity contribution is 0.102. The van der Waals surface area contributed by atoms with E-state index in [1.165, 1.54) is 11.3 Å². The number of nitrogens with zero attached hydrogens (tertiary/aromatic N) is 1. The van der Waals surface area contributed by atoms with Gasteiger partial charge < -0.3 is 5.32 Å². The van der Waals surface area contributed by atoms with E-state index in [2.05, 4.69) is 10.3 Å². The van der Waals surface area contributed by atoms with Gasteiger partial charge in [0.15, 0.2) is 0 Å². The summed E-state index contributed by atoms with van der Waals surface area (Å²) in [5, 5.41) is 4.59. The number of hydrogen-bond acceptors (Lipinski definition) is 3. The van der Waals surface area contributed by atoms with Crippen LogP contribution in [0.15, 0.2) is 65.5 Å². The van der Waals surface area contributed by atoms with Crippen LogP contribution in [0, 0.1) is 0 Å². The molecule has 3 aromatic rings. The summed E-state index contributed by atoms with van der Waals surface area (Å²) in [4.78, 5) is 16.0. The minimum atomic E-state index is -0.184. The molecule has 0 aliphatic carbocycles. The normalized spacial score (nSPS) is 10.2. The lowest BCUT2D eigenvalue weighted by Gasteiger charge is -2.06. The molecule has 20 heavy (non-hydrogen) atoms. The summed E-state index contributed by atoms with van der Waals surface area (Å²) < 4.78 is 0. The van der Waals surface area contributed by atoms with Crippen LogP contribution in [0.25, 0.3) is 11.1 Å². The Bertz CT molecular complexity index is 708. The molecular formula is C16H12N2OS. The standard InChI is InChI=1S/C16H12N2OS/c19-16(15-10-20-11-17-15)18-14-8-4-7-13(9-14)12-5-2-1-3-6-12/h1-11H,(H,18,19). The molecule has 0 spiro atoms. The van der Waals surface area contributed by atoms with Crippen molar-refractivity contribution in [3.63, 3.8) is 0 Å². The Morgan fingerprint density at radius 3 is 2.55 bits per heavy atom. The maximum absolute atomic E-state index is 12.0. The van der Waals surface area contributed by atoms with Crippen LogP contribution >= 0.6 is 11.3 Å². The Hall–Kier alpha value is -2.46. The monoisotopic (exact) mass is 280 g/mol. The van der Waals surface area contributed by atoms with Crippen molar-refractivity contribution in [1.29, 1.82) is 0 Å². The van der Waals surface area contributed by atoms with Crippen LogP contribution in [-0.2, 0) is 0 Å². The summed E-state index contributed by atoms with van der Waals surface area (Å²) in [6, 6.07) is 17.8. The van der Waals surface area contributed by atoms with E-state index >= 15 is 0 Å². The highest BCUT2D eigenvalue weighted by atomic mass is 32.1. The molecular weight excluding hydrogens is 268 g/mol. The van der Waals surface area contributed by atoms with Gasteiger partial charge in [0.05, 0.1) is 5.51 Å². The predicted octanol–water partition coefficient (Wildman–Crippen LogP) is 4.06. The molecule has 0 bridgehead atoms. The number of anilines is 1. The second-order valence-corrected chi connectivity index (χ2v) is 4.99. The third kappa shape index (κ3) is 2.75. The molecule has 1 aromatic heterocycles. The molecule has 0 radical (unpaired) electrons. The van der Waals surface area contributed by atoms with E-state index in [-0.39, 0.29) is 5.91 Å². The summed E-state index contributed by atoms with van der Waals surface area (Å²) in [6.07, 6.45) is 0. The van der Waals surface area contributed by atoms with E-state index in [9.17, 15) is 4.79 Å². The molecule has 3 rings (SSSR count). The average molecular weight is 280 g/mol. The van der Waals surface area contributed by atoms with Gasteiger partial charge in [-0.3, -0.25) is 4.79 Å². The molecule has 2 aromatic carbocycles. The topological polar surface area (TPSA) is 42.0 Å². The highest BCUT2D eigenvalue weighted by Gasteiger charge is 2.08. The van der Waals surface area contributed by atoms with Gasteiger partial charge in [-0.15, -0.1) is 11.3 Å². The van der Waals surface area contributed by atoms with Gasteiger partial charge in [-0.2, -0.15) is 0 Å². The fraction of sp³-hybridized carbons (Fsp3) is 0. The Morgan fingerprint density at radius 2 is 1.80 bits per heavy atom. The highest BCUT2D eigenvalue weighted by molar-refractivity contribution is 7.07. The number of hydrogen-bond donors (Lipinski definition) is 1. The van der Waals surface area contributed by atoms with Crippen LogP contribution in [0.3, 0.4) is 0 Å². The van der Waals surface area contributed by atoms with E-state index < -0.39 is 0 Å². The van der Waals surface area contributed by atoms with Gasteiger partial charge in [-0.1, -0.05) is 42.5 Å². The molecule has 1 N–H and O–H groups in total. The second kappa shape index (κ2) is 5.67. The van der Waals surface area contributed by atoms with E-state index in [0.717, 1.165) is 16.8 Å². The fourth-order valence-electron chi connectivity index (χ4n) is 1.93. The zero-order valence-corrected chi connectivity index (χ0v) is 11.4. The summed E-state index contributed by atoms with van der Waals surface area (Å²) in [7, 11) is 0. The number of thiazole rings is 1. The van der Waals surface area contributed by atoms with E-state index in [4.69, 9.17) is 0 Å². The Balaban J connectivity index is 1.83. The van der Waals surface area contributed by atoms with Crippen molar-refractivity contribution in [3.8, 4) is 11.1 Å². The summed E-state index contributed by atoms with van der Waals surface area (Å²) >= 11 is 1.41. The van der Waals surface area contributed by atoms with Crippen LogP contribution < -0.4 is 5.32 Å². The Morgan fingerprint density at radius 1 is 1.00 bits per heavy atom. The van der Waals surface area contributed by atoms with Gasteiger partial charge in [0.1, 0.15) is 5.69 Å². The van der Waals surface area contributed by atoms with Crippen molar-refractivity contribution in [3.05, 3.63) is 71.2 Å². The number of rotatable bonds is 3. The van der Waals surface area contributed by atoms with Crippen LogP contribution in [-0.4, -0.2) is 10.9 Å². The van der Waals surface area contributed by atoms with Gasteiger partial charge in [0.25, 0.3) is 5.91 Å². The molecule has 1 amide bonds. The Labute approximate surface area is 120 Å². The fourth-order valence-corrected chi connectivity index (χ4v) is 2.46.